The minimum Gasteiger partial charge on any atom is -0.396 e. The van der Waals surface area contributed by atoms with E-state index in [9.17, 15) is 10.2 Å². The molecule has 0 aromatic rings. The van der Waals surface area contributed by atoms with Gasteiger partial charge in [0.2, 0.25) is 0 Å². The summed E-state index contributed by atoms with van der Waals surface area (Å²) in [6, 6.07) is 0. The van der Waals surface area contributed by atoms with Gasteiger partial charge in [-0.05, 0) is 109 Å². The van der Waals surface area contributed by atoms with Crippen LogP contribution in [0.15, 0.2) is 11.6 Å². The molecule has 2 N–H and O–H groups in total. The highest BCUT2D eigenvalue weighted by molar-refractivity contribution is 5.33. The van der Waals surface area contributed by atoms with Crippen LogP contribution in [0.1, 0.15) is 113 Å². The fourth-order valence-electron chi connectivity index (χ4n) is 10.6. The van der Waals surface area contributed by atoms with Crippen LogP contribution in [0.5, 0.6) is 0 Å². The molecule has 0 spiro atoms. The van der Waals surface area contributed by atoms with E-state index in [1.54, 1.807) is 5.57 Å². The molecule has 5 aliphatic rings. The lowest BCUT2D eigenvalue weighted by molar-refractivity contribution is -0.204. The second-order valence-electron chi connectivity index (χ2n) is 15.1. The number of aliphatic hydroxyl groups excluding tert-OH is 2. The van der Waals surface area contributed by atoms with Crippen molar-refractivity contribution in [2.24, 2.45) is 50.2 Å². The molecule has 8 atom stereocenters. The highest BCUT2D eigenvalue weighted by Crippen LogP contribution is 2.75. The van der Waals surface area contributed by atoms with Gasteiger partial charge in [0.15, 0.2) is 0 Å². The van der Waals surface area contributed by atoms with Crippen molar-refractivity contribution >= 4 is 0 Å². The van der Waals surface area contributed by atoms with Gasteiger partial charge >= 0.3 is 0 Å². The quantitative estimate of drug-likeness (QED) is 0.424. The van der Waals surface area contributed by atoms with Crippen LogP contribution >= 0.6 is 0 Å². The molecule has 2 heteroatoms. The highest BCUT2D eigenvalue weighted by atomic mass is 16.3. The average Bonchev–Trinajstić information content (AvgIpc) is 2.71. The van der Waals surface area contributed by atoms with Gasteiger partial charge in [-0.3, -0.25) is 0 Å². The minimum atomic E-state index is -0.153. The standard InChI is InChI=1S/C30H50O2/c1-25(2)14-16-30(19-31)17-15-28(6)20(21(30)18-25)8-9-23-27(5)12-11-24(32)26(3,4)22(27)10-13-29(23,28)7/h8,21-24,31-32H,9-19H2,1-7H3/t21?,22-,23+,24-,27-,28+,29+,30+/m0/s1. The zero-order valence-corrected chi connectivity index (χ0v) is 22.1. The molecule has 4 fully saturated rings. The number of fused-ring (bicyclic) bond motifs is 7. The van der Waals surface area contributed by atoms with Gasteiger partial charge in [0.1, 0.15) is 0 Å². The molecule has 0 bridgehead atoms. The van der Waals surface area contributed by atoms with Crippen LogP contribution < -0.4 is 0 Å². The predicted octanol–water partition coefficient (Wildman–Crippen LogP) is 7.14. The van der Waals surface area contributed by atoms with Crippen molar-refractivity contribution in [2.45, 2.75) is 119 Å². The van der Waals surface area contributed by atoms with Gasteiger partial charge in [-0.2, -0.15) is 0 Å². The van der Waals surface area contributed by atoms with Crippen LogP contribution in [-0.4, -0.2) is 22.9 Å². The zero-order valence-electron chi connectivity index (χ0n) is 22.1. The third-order valence-corrected chi connectivity index (χ3v) is 13.1. The maximum Gasteiger partial charge on any atom is 0.0594 e. The SMILES string of the molecule is CC1(C)CC[C@]2(CO)CC[C@]3(C)C(=CC[C@@H]4[C@@]5(C)CC[C@H](O)C(C)(C)[C@@H]5CC[C@]43C)C2C1. The molecule has 0 heterocycles. The van der Waals surface area contributed by atoms with Crippen molar-refractivity contribution in [3.8, 4) is 0 Å². The van der Waals surface area contributed by atoms with E-state index in [-0.39, 0.29) is 22.3 Å². The smallest absolute Gasteiger partial charge is 0.0594 e. The van der Waals surface area contributed by atoms with E-state index in [0.29, 0.717) is 40.6 Å². The van der Waals surface area contributed by atoms with Crippen molar-refractivity contribution in [3.63, 3.8) is 0 Å². The Kier molecular flexibility index (Phi) is 5.02. The van der Waals surface area contributed by atoms with Crippen LogP contribution in [0, 0.1) is 50.2 Å². The number of hydrogen-bond acceptors (Lipinski definition) is 2. The van der Waals surface area contributed by atoms with Gasteiger partial charge in [-0.15, -0.1) is 0 Å². The van der Waals surface area contributed by atoms with E-state index in [1.165, 1.54) is 57.8 Å². The van der Waals surface area contributed by atoms with Crippen molar-refractivity contribution in [3.05, 3.63) is 11.6 Å². The molecule has 5 aliphatic carbocycles. The van der Waals surface area contributed by atoms with Crippen molar-refractivity contribution < 1.29 is 10.2 Å². The van der Waals surface area contributed by atoms with E-state index in [1.807, 2.05) is 0 Å². The van der Waals surface area contributed by atoms with Crippen molar-refractivity contribution in [1.29, 1.82) is 0 Å². The number of hydrogen-bond donors (Lipinski definition) is 2. The molecule has 5 rings (SSSR count). The lowest BCUT2D eigenvalue weighted by Gasteiger charge is -2.71. The highest BCUT2D eigenvalue weighted by Gasteiger charge is 2.68. The van der Waals surface area contributed by atoms with Crippen molar-refractivity contribution in [2.75, 3.05) is 6.61 Å². The van der Waals surface area contributed by atoms with Gasteiger partial charge in [0, 0.05) is 12.0 Å². The Balaban J connectivity index is 1.58. The summed E-state index contributed by atoms with van der Waals surface area (Å²) in [6.45, 7) is 17.8. The number of rotatable bonds is 1. The summed E-state index contributed by atoms with van der Waals surface area (Å²) in [5.41, 5.74) is 3.16. The first-order valence-corrected chi connectivity index (χ1v) is 13.8. The second-order valence-corrected chi connectivity index (χ2v) is 15.1. The van der Waals surface area contributed by atoms with Gasteiger partial charge in [0.25, 0.3) is 0 Å². The normalized spacial score (nSPS) is 53.8. The molecule has 0 saturated heterocycles. The van der Waals surface area contributed by atoms with Gasteiger partial charge < -0.3 is 10.2 Å². The Morgan fingerprint density at radius 2 is 1.53 bits per heavy atom. The molecule has 0 amide bonds. The van der Waals surface area contributed by atoms with E-state index in [4.69, 9.17) is 0 Å². The number of aliphatic hydroxyl groups is 2. The summed E-state index contributed by atoms with van der Waals surface area (Å²) in [5, 5.41) is 21.5. The molecule has 0 aromatic heterocycles. The minimum absolute atomic E-state index is 0.0191. The lowest BCUT2D eigenvalue weighted by Crippen LogP contribution is -2.64. The largest absolute Gasteiger partial charge is 0.396 e. The Morgan fingerprint density at radius 3 is 2.22 bits per heavy atom. The van der Waals surface area contributed by atoms with Gasteiger partial charge in [-0.25, -0.2) is 0 Å². The summed E-state index contributed by atoms with van der Waals surface area (Å²) in [5.74, 6) is 1.87. The summed E-state index contributed by atoms with van der Waals surface area (Å²) in [7, 11) is 0. The Morgan fingerprint density at radius 1 is 0.844 bits per heavy atom. The molecule has 0 radical (unpaired) electrons. The molecule has 32 heavy (non-hydrogen) atoms. The zero-order chi connectivity index (χ0) is 23.4. The van der Waals surface area contributed by atoms with Crippen LogP contribution in [0.25, 0.3) is 0 Å². The van der Waals surface area contributed by atoms with Gasteiger partial charge in [-0.1, -0.05) is 60.1 Å². The summed E-state index contributed by atoms with van der Waals surface area (Å²) >= 11 is 0. The summed E-state index contributed by atoms with van der Waals surface area (Å²) in [4.78, 5) is 0. The van der Waals surface area contributed by atoms with Crippen molar-refractivity contribution in [1.82, 2.24) is 0 Å². The summed E-state index contributed by atoms with van der Waals surface area (Å²) < 4.78 is 0. The Bertz CT molecular complexity index is 810. The molecular formula is C30H50O2. The Labute approximate surface area is 197 Å². The molecule has 2 nitrogen and oxygen atoms in total. The fraction of sp³-hybridized carbons (Fsp3) is 0.933. The molecule has 4 saturated carbocycles. The molecule has 0 aliphatic heterocycles. The van der Waals surface area contributed by atoms with Crippen LogP contribution in [-0.2, 0) is 0 Å². The average molecular weight is 443 g/mol. The lowest BCUT2D eigenvalue weighted by atomic mass is 9.33. The monoisotopic (exact) mass is 442 g/mol. The topological polar surface area (TPSA) is 40.5 Å². The fourth-order valence-corrected chi connectivity index (χ4v) is 10.6. The predicted molar refractivity (Wildman–Crippen MR) is 132 cm³/mol. The first-order valence-electron chi connectivity index (χ1n) is 13.8. The second kappa shape index (κ2) is 6.87. The molecular weight excluding hydrogens is 392 g/mol. The first-order chi connectivity index (χ1) is 14.8. The summed E-state index contributed by atoms with van der Waals surface area (Å²) in [6.07, 6.45) is 14.6. The third-order valence-electron chi connectivity index (χ3n) is 13.1. The van der Waals surface area contributed by atoms with Crippen LogP contribution in [0.2, 0.25) is 0 Å². The number of allylic oxidation sites excluding steroid dienone is 2. The maximum absolute atomic E-state index is 10.9. The van der Waals surface area contributed by atoms with E-state index in [2.05, 4.69) is 54.5 Å². The van der Waals surface area contributed by atoms with E-state index in [0.717, 1.165) is 6.42 Å². The van der Waals surface area contributed by atoms with Crippen LogP contribution in [0.4, 0.5) is 0 Å². The Hall–Kier alpha value is -0.340. The first kappa shape index (κ1) is 23.4. The molecule has 0 aromatic carbocycles. The molecule has 182 valence electrons. The molecule has 1 unspecified atom stereocenters. The van der Waals surface area contributed by atoms with E-state index >= 15 is 0 Å². The van der Waals surface area contributed by atoms with E-state index < -0.39 is 0 Å². The third kappa shape index (κ3) is 2.78. The van der Waals surface area contributed by atoms with Gasteiger partial charge in [0.05, 0.1) is 6.10 Å². The maximum atomic E-state index is 10.9. The van der Waals surface area contributed by atoms with Crippen LogP contribution in [0.3, 0.4) is 0 Å².